The molecule has 5 heteroatoms. The average molecular weight is 479 g/mol. The highest BCUT2D eigenvalue weighted by atomic mass is 19.4. The number of para-hydroxylation sites is 2. The molecule has 1 heterocycles. The first-order valence-electron chi connectivity index (χ1n) is 11.6. The number of anilines is 2. The zero-order chi connectivity index (χ0) is 24.7. The van der Waals surface area contributed by atoms with Crippen LogP contribution in [-0.4, -0.2) is 4.57 Å². The van der Waals surface area contributed by atoms with E-state index in [1.807, 2.05) is 108 Å². The molecule has 0 aliphatic heterocycles. The Hall–Kier alpha value is -4.51. The molecular formula is C31H21F3N2. The second-order valence-corrected chi connectivity index (χ2v) is 8.70. The number of nitrogens with zero attached hydrogens (tertiary/aromatic N) is 1. The van der Waals surface area contributed by atoms with E-state index >= 15 is 0 Å². The molecule has 2 nitrogen and oxygen atoms in total. The van der Waals surface area contributed by atoms with Crippen LogP contribution < -0.4 is 5.32 Å². The molecule has 0 bridgehead atoms. The van der Waals surface area contributed by atoms with Crippen molar-refractivity contribution in [2.45, 2.75) is 6.18 Å². The molecule has 36 heavy (non-hydrogen) atoms. The van der Waals surface area contributed by atoms with Crippen LogP contribution in [0.25, 0.3) is 38.6 Å². The molecule has 0 amide bonds. The van der Waals surface area contributed by atoms with Crippen LogP contribution in [0.5, 0.6) is 0 Å². The van der Waals surface area contributed by atoms with Crippen molar-refractivity contribution in [3.63, 3.8) is 0 Å². The van der Waals surface area contributed by atoms with Gasteiger partial charge >= 0.3 is 6.18 Å². The van der Waals surface area contributed by atoms with E-state index in [-0.39, 0.29) is 0 Å². The van der Waals surface area contributed by atoms with E-state index in [4.69, 9.17) is 0 Å². The Balaban J connectivity index is 1.48. The molecule has 0 saturated heterocycles. The molecule has 0 fully saturated rings. The molecule has 5 aromatic carbocycles. The summed E-state index contributed by atoms with van der Waals surface area (Å²) in [6.07, 6.45) is -4.41. The number of fused-ring (bicyclic) bond motifs is 3. The van der Waals surface area contributed by atoms with Crippen LogP contribution in [-0.2, 0) is 6.18 Å². The van der Waals surface area contributed by atoms with Crippen molar-refractivity contribution in [2.75, 3.05) is 5.32 Å². The highest BCUT2D eigenvalue weighted by Crippen LogP contribution is 2.38. The van der Waals surface area contributed by atoms with Crippen LogP contribution in [0.3, 0.4) is 0 Å². The van der Waals surface area contributed by atoms with Crippen molar-refractivity contribution in [2.24, 2.45) is 0 Å². The maximum atomic E-state index is 13.6. The molecule has 1 aromatic heterocycles. The molecule has 0 radical (unpaired) electrons. The van der Waals surface area contributed by atoms with Crippen LogP contribution >= 0.6 is 0 Å². The van der Waals surface area contributed by atoms with Crippen molar-refractivity contribution in [1.29, 1.82) is 0 Å². The Labute approximate surface area is 206 Å². The average Bonchev–Trinajstić information content (AvgIpc) is 3.23. The fraction of sp³-hybridized carbons (Fsp3) is 0.0323. The van der Waals surface area contributed by atoms with E-state index in [9.17, 15) is 13.2 Å². The van der Waals surface area contributed by atoms with Gasteiger partial charge in [0.25, 0.3) is 0 Å². The van der Waals surface area contributed by atoms with Gasteiger partial charge in [-0.3, -0.25) is 0 Å². The Morgan fingerprint density at radius 1 is 0.528 bits per heavy atom. The second-order valence-electron chi connectivity index (χ2n) is 8.70. The lowest BCUT2D eigenvalue weighted by Crippen LogP contribution is -2.04. The highest BCUT2D eigenvalue weighted by Gasteiger charge is 2.31. The first-order valence-corrected chi connectivity index (χ1v) is 11.6. The van der Waals surface area contributed by atoms with Gasteiger partial charge in [-0.25, -0.2) is 0 Å². The predicted octanol–water partition coefficient (Wildman–Crippen LogP) is 9.21. The first kappa shape index (κ1) is 22.0. The van der Waals surface area contributed by atoms with Crippen molar-refractivity contribution in [1.82, 2.24) is 4.57 Å². The van der Waals surface area contributed by atoms with Crippen LogP contribution in [0, 0.1) is 0 Å². The monoisotopic (exact) mass is 478 g/mol. The third-order valence-corrected chi connectivity index (χ3v) is 6.39. The molecular weight excluding hydrogens is 457 g/mol. The topological polar surface area (TPSA) is 17.0 Å². The number of aromatic nitrogens is 1. The van der Waals surface area contributed by atoms with Crippen molar-refractivity contribution in [3.8, 4) is 16.8 Å². The number of rotatable bonds is 4. The van der Waals surface area contributed by atoms with Gasteiger partial charge in [0.15, 0.2) is 0 Å². The minimum Gasteiger partial charge on any atom is -0.356 e. The summed E-state index contributed by atoms with van der Waals surface area (Å²) in [5.41, 5.74) is 5.75. The lowest BCUT2D eigenvalue weighted by Gasteiger charge is -2.09. The van der Waals surface area contributed by atoms with Crippen LogP contribution in [0.1, 0.15) is 5.56 Å². The summed E-state index contributed by atoms with van der Waals surface area (Å²) in [6, 6.07) is 37.6. The van der Waals surface area contributed by atoms with Gasteiger partial charge in [0.2, 0.25) is 0 Å². The normalized spacial score (nSPS) is 11.8. The Bertz CT molecular complexity index is 1670. The van der Waals surface area contributed by atoms with E-state index in [2.05, 4.69) is 5.32 Å². The van der Waals surface area contributed by atoms with E-state index < -0.39 is 11.7 Å². The third kappa shape index (κ3) is 3.99. The van der Waals surface area contributed by atoms with Gasteiger partial charge in [-0.1, -0.05) is 54.6 Å². The lowest BCUT2D eigenvalue weighted by atomic mass is 10.0. The summed E-state index contributed by atoms with van der Waals surface area (Å²) >= 11 is 0. The molecule has 1 N–H and O–H groups in total. The second kappa shape index (κ2) is 8.61. The zero-order valence-corrected chi connectivity index (χ0v) is 19.1. The molecule has 176 valence electrons. The van der Waals surface area contributed by atoms with Gasteiger partial charge in [-0.2, -0.15) is 13.2 Å². The van der Waals surface area contributed by atoms with E-state index in [1.165, 1.54) is 6.07 Å². The van der Waals surface area contributed by atoms with Gasteiger partial charge in [-0.15, -0.1) is 0 Å². The highest BCUT2D eigenvalue weighted by molar-refractivity contribution is 6.10. The summed E-state index contributed by atoms with van der Waals surface area (Å²) in [4.78, 5) is 0. The van der Waals surface area contributed by atoms with Crippen molar-refractivity contribution >= 4 is 33.2 Å². The van der Waals surface area contributed by atoms with Crippen LogP contribution in [0.4, 0.5) is 24.5 Å². The van der Waals surface area contributed by atoms with Crippen LogP contribution in [0.15, 0.2) is 121 Å². The van der Waals surface area contributed by atoms with Gasteiger partial charge in [-0.05, 0) is 77.9 Å². The maximum absolute atomic E-state index is 13.6. The number of hydrogen-bond donors (Lipinski definition) is 1. The standard InChI is InChI=1S/C31H21F3N2/c32-31(33,34)23-14-18-30-28(20-23)27-19-22(13-17-29(27)36(30)26-9-5-2-6-10-26)21-11-15-25(16-12-21)35-24-7-3-1-4-8-24/h1-20,35H. The minimum atomic E-state index is -4.41. The summed E-state index contributed by atoms with van der Waals surface area (Å²) in [5.74, 6) is 0. The number of nitrogens with one attached hydrogen (secondary N) is 1. The molecule has 0 unspecified atom stereocenters. The summed E-state index contributed by atoms with van der Waals surface area (Å²) < 4.78 is 42.7. The molecule has 6 aromatic rings. The van der Waals surface area contributed by atoms with E-state index in [1.54, 1.807) is 6.07 Å². The molecule has 0 atom stereocenters. The quantitative estimate of drug-likeness (QED) is 0.267. The first-order chi connectivity index (χ1) is 17.5. The summed E-state index contributed by atoms with van der Waals surface area (Å²) in [5, 5.41) is 4.73. The summed E-state index contributed by atoms with van der Waals surface area (Å²) in [6.45, 7) is 0. The van der Waals surface area contributed by atoms with Crippen molar-refractivity contribution in [3.05, 3.63) is 127 Å². The Morgan fingerprint density at radius 3 is 1.75 bits per heavy atom. The molecule has 6 rings (SSSR count). The van der Waals surface area contributed by atoms with Gasteiger partial charge in [0.1, 0.15) is 0 Å². The number of hydrogen-bond acceptors (Lipinski definition) is 1. The summed E-state index contributed by atoms with van der Waals surface area (Å²) in [7, 11) is 0. The third-order valence-electron chi connectivity index (χ3n) is 6.39. The van der Waals surface area contributed by atoms with Gasteiger partial charge < -0.3 is 9.88 Å². The number of benzene rings is 5. The van der Waals surface area contributed by atoms with Gasteiger partial charge in [0, 0.05) is 27.8 Å². The molecule has 0 aliphatic carbocycles. The van der Waals surface area contributed by atoms with Crippen LogP contribution in [0.2, 0.25) is 0 Å². The minimum absolute atomic E-state index is 0.577. The largest absolute Gasteiger partial charge is 0.416 e. The zero-order valence-electron chi connectivity index (χ0n) is 19.1. The molecule has 0 aliphatic rings. The lowest BCUT2D eigenvalue weighted by molar-refractivity contribution is -0.137. The SMILES string of the molecule is FC(F)(F)c1ccc2c(c1)c1cc(-c3ccc(Nc4ccccc4)cc3)ccc1n2-c1ccccc1. The number of halogens is 3. The Morgan fingerprint density at radius 2 is 1.08 bits per heavy atom. The molecule has 0 spiro atoms. The van der Waals surface area contributed by atoms with E-state index in [0.29, 0.717) is 5.39 Å². The van der Waals surface area contributed by atoms with Gasteiger partial charge in [0.05, 0.1) is 16.6 Å². The molecule has 0 saturated carbocycles. The number of alkyl halides is 3. The van der Waals surface area contributed by atoms with E-state index in [0.717, 1.165) is 50.7 Å². The fourth-order valence-electron chi connectivity index (χ4n) is 4.67. The fourth-order valence-corrected chi connectivity index (χ4v) is 4.67. The Kier molecular flexibility index (Phi) is 5.26. The smallest absolute Gasteiger partial charge is 0.356 e. The maximum Gasteiger partial charge on any atom is 0.416 e. The predicted molar refractivity (Wildman–Crippen MR) is 141 cm³/mol. The van der Waals surface area contributed by atoms with Crippen molar-refractivity contribution < 1.29 is 13.2 Å².